The summed E-state index contributed by atoms with van der Waals surface area (Å²) in [4.78, 5) is 112. The highest BCUT2D eigenvalue weighted by molar-refractivity contribution is 5.98. The van der Waals surface area contributed by atoms with Crippen LogP contribution in [0.1, 0.15) is 60.3 Å². The van der Waals surface area contributed by atoms with Crippen molar-refractivity contribution in [3.63, 3.8) is 0 Å². The maximum absolute atomic E-state index is 13.4. The van der Waals surface area contributed by atoms with Gasteiger partial charge in [-0.05, 0) is 31.6 Å². The Morgan fingerprint density at radius 1 is 0.560 bits per heavy atom. The molecule has 21 nitrogen and oxygen atoms in total. The summed E-state index contributed by atoms with van der Waals surface area (Å²) in [5.41, 5.74) is 16.0. The number of aliphatic carboxylic acids is 1. The van der Waals surface area contributed by atoms with Crippen LogP contribution in [0.3, 0.4) is 0 Å². The van der Waals surface area contributed by atoms with E-state index >= 15 is 0 Å². The smallest absolute Gasteiger partial charge is 0.328 e. The largest absolute Gasteiger partial charge is 0.480 e. The van der Waals surface area contributed by atoms with Crippen molar-refractivity contribution in [1.29, 1.82) is 0 Å². The maximum Gasteiger partial charge on any atom is 0.328 e. The first-order valence-electron chi connectivity index (χ1n) is 15.7. The zero-order valence-electron chi connectivity index (χ0n) is 28.7. The molecule has 0 aliphatic rings. The van der Waals surface area contributed by atoms with E-state index in [9.17, 15) is 53.4 Å². The van der Waals surface area contributed by atoms with Gasteiger partial charge in [-0.1, -0.05) is 27.7 Å². The van der Waals surface area contributed by atoms with Gasteiger partial charge >= 0.3 is 5.97 Å². The lowest BCUT2D eigenvalue weighted by atomic mass is 10.0. The van der Waals surface area contributed by atoms with E-state index in [2.05, 4.69) is 26.6 Å². The Labute approximate surface area is 288 Å². The number of nitrogens with two attached hydrogens (primary N) is 3. The third kappa shape index (κ3) is 16.5. The van der Waals surface area contributed by atoms with Gasteiger partial charge in [-0.2, -0.15) is 0 Å². The molecule has 0 fully saturated rings. The molecule has 0 radical (unpaired) electrons. The molecule has 0 aromatic carbocycles. The zero-order chi connectivity index (χ0) is 38.9. The number of primary amides is 2. The van der Waals surface area contributed by atoms with Gasteiger partial charge in [-0.25, -0.2) is 4.79 Å². The minimum atomic E-state index is -1.74. The third-order valence-corrected chi connectivity index (χ3v) is 6.96. The Morgan fingerprint density at radius 3 is 1.44 bits per heavy atom. The van der Waals surface area contributed by atoms with Crippen molar-refractivity contribution in [3.8, 4) is 0 Å². The van der Waals surface area contributed by atoms with E-state index in [1.54, 1.807) is 27.7 Å². The normalized spacial score (nSPS) is 15.2. The van der Waals surface area contributed by atoms with E-state index in [-0.39, 0.29) is 18.8 Å². The summed E-state index contributed by atoms with van der Waals surface area (Å²) in [5, 5.41) is 41.9. The number of amides is 8. The van der Waals surface area contributed by atoms with Gasteiger partial charge in [0.25, 0.3) is 0 Å². The Bertz CT molecular complexity index is 1240. The van der Waals surface area contributed by atoms with E-state index in [0.717, 1.165) is 0 Å². The third-order valence-electron chi connectivity index (χ3n) is 6.96. The van der Waals surface area contributed by atoms with Crippen molar-refractivity contribution in [2.24, 2.45) is 29.0 Å². The summed E-state index contributed by atoms with van der Waals surface area (Å²) in [6.07, 6.45) is -1.65. The Hall–Kier alpha value is -4.89. The fraction of sp³-hybridized carbons (Fsp3) is 0.690. The number of carbonyl (C=O) groups is 9. The molecule has 0 heterocycles. The van der Waals surface area contributed by atoms with Gasteiger partial charge in [0.15, 0.2) is 0 Å². The highest BCUT2D eigenvalue weighted by Gasteiger charge is 2.34. The monoisotopic (exact) mass is 717 g/mol. The SMILES string of the molecule is CC(C)C[C@H](NC(=O)[C@H](CC(N)=O)NC(=O)[C@H](CO)NC(=O)[C@@H](NC(=O)[C@H](C)N)C(C)C)C(=O)N[C@@H](CCC(N)=O)C(=O)N[C@@H](CO)C(=O)O. The number of nitrogens with one attached hydrogen (secondary N) is 6. The summed E-state index contributed by atoms with van der Waals surface area (Å²) < 4.78 is 0. The van der Waals surface area contributed by atoms with Crippen LogP contribution in [0.5, 0.6) is 0 Å². The van der Waals surface area contributed by atoms with Crippen molar-refractivity contribution in [1.82, 2.24) is 31.9 Å². The fourth-order valence-corrected chi connectivity index (χ4v) is 4.22. The molecule has 0 aromatic heterocycles. The van der Waals surface area contributed by atoms with Crippen molar-refractivity contribution in [3.05, 3.63) is 0 Å². The quantitative estimate of drug-likeness (QED) is 0.0469. The number of aliphatic hydroxyl groups excluding tert-OH is 2. The molecule has 0 spiro atoms. The molecule has 0 saturated heterocycles. The lowest BCUT2D eigenvalue weighted by Crippen LogP contribution is -2.61. The van der Waals surface area contributed by atoms with Gasteiger partial charge < -0.3 is 64.4 Å². The predicted octanol–water partition coefficient (Wildman–Crippen LogP) is -5.85. The second kappa shape index (κ2) is 22.0. The molecule has 21 heteroatoms. The topological polar surface area (TPSA) is 365 Å². The van der Waals surface area contributed by atoms with Crippen molar-refractivity contribution < 1.29 is 58.5 Å². The number of hydrogen-bond acceptors (Lipinski definition) is 12. The van der Waals surface area contributed by atoms with E-state index < -0.39 is 127 Å². The molecular formula is C29H51N9O12. The van der Waals surface area contributed by atoms with Gasteiger partial charge in [0.05, 0.1) is 25.7 Å². The van der Waals surface area contributed by atoms with Gasteiger partial charge in [0.1, 0.15) is 36.3 Å². The van der Waals surface area contributed by atoms with Crippen LogP contribution >= 0.6 is 0 Å². The number of hydrogen-bond donors (Lipinski definition) is 12. The maximum atomic E-state index is 13.4. The Kier molecular flexibility index (Phi) is 19.8. The van der Waals surface area contributed by atoms with Crippen LogP contribution in [0.2, 0.25) is 0 Å². The highest BCUT2D eigenvalue weighted by Crippen LogP contribution is 2.09. The molecule has 0 saturated carbocycles. The van der Waals surface area contributed by atoms with E-state index in [4.69, 9.17) is 22.3 Å². The van der Waals surface area contributed by atoms with Crippen LogP contribution < -0.4 is 49.1 Å². The number of carboxylic acids is 1. The minimum absolute atomic E-state index is 0.0631. The molecule has 7 atom stereocenters. The highest BCUT2D eigenvalue weighted by atomic mass is 16.4. The molecule has 8 amide bonds. The van der Waals surface area contributed by atoms with Crippen LogP contribution in [0.15, 0.2) is 0 Å². The second-order valence-corrected chi connectivity index (χ2v) is 12.3. The molecule has 50 heavy (non-hydrogen) atoms. The number of aliphatic hydroxyl groups is 2. The standard InChI is InChI=1S/C29H51N9O12/c1-12(2)8-16(25(45)33-15(6-7-20(31)41)24(44)37-19(11-40)29(49)50)34-26(46)17(9-21(32)42)35-27(47)18(10-39)36-28(48)22(13(3)4)38-23(43)14(5)30/h12-19,22,39-40H,6-11,30H2,1-5H3,(H2,31,41)(H2,32,42)(H,33,45)(H,34,46)(H,35,47)(H,36,48)(H,37,44)(H,38,43)(H,49,50)/t14-,15-,16-,17-,18-,19-,22-/m0/s1. The van der Waals surface area contributed by atoms with Crippen LogP contribution in [0, 0.1) is 11.8 Å². The molecule has 0 aliphatic carbocycles. The van der Waals surface area contributed by atoms with E-state index in [0.29, 0.717) is 0 Å². The predicted molar refractivity (Wildman–Crippen MR) is 174 cm³/mol. The van der Waals surface area contributed by atoms with Crippen molar-refractivity contribution >= 4 is 53.2 Å². The molecule has 0 unspecified atom stereocenters. The number of rotatable bonds is 23. The summed E-state index contributed by atoms with van der Waals surface area (Å²) in [7, 11) is 0. The second-order valence-electron chi connectivity index (χ2n) is 12.3. The van der Waals surface area contributed by atoms with E-state index in [1.807, 2.05) is 5.32 Å². The molecule has 0 aromatic rings. The Balaban J connectivity index is 6.10. The first-order chi connectivity index (χ1) is 23.1. The van der Waals surface area contributed by atoms with Crippen LogP contribution in [0.25, 0.3) is 0 Å². The van der Waals surface area contributed by atoms with Crippen LogP contribution in [0.4, 0.5) is 0 Å². The van der Waals surface area contributed by atoms with Crippen molar-refractivity contribution in [2.75, 3.05) is 13.2 Å². The van der Waals surface area contributed by atoms with E-state index in [1.165, 1.54) is 6.92 Å². The number of carboxylic acid groups (broad SMARTS) is 1. The minimum Gasteiger partial charge on any atom is -0.480 e. The lowest BCUT2D eigenvalue weighted by Gasteiger charge is -2.28. The molecule has 284 valence electrons. The fourth-order valence-electron chi connectivity index (χ4n) is 4.22. The summed E-state index contributed by atoms with van der Waals surface area (Å²) >= 11 is 0. The van der Waals surface area contributed by atoms with Crippen molar-refractivity contribution in [2.45, 2.75) is 103 Å². The first-order valence-corrected chi connectivity index (χ1v) is 15.7. The molecule has 15 N–H and O–H groups in total. The Morgan fingerprint density at radius 2 is 1.00 bits per heavy atom. The molecule has 0 rings (SSSR count). The van der Waals surface area contributed by atoms with Gasteiger partial charge in [0, 0.05) is 6.42 Å². The molecule has 0 bridgehead atoms. The van der Waals surface area contributed by atoms with Gasteiger partial charge in [-0.3, -0.25) is 38.4 Å². The van der Waals surface area contributed by atoms with Gasteiger partial charge in [0.2, 0.25) is 47.3 Å². The summed E-state index contributed by atoms with van der Waals surface area (Å²) in [5.74, 6) is -10.1. The summed E-state index contributed by atoms with van der Waals surface area (Å²) in [6.45, 7) is 6.00. The zero-order valence-corrected chi connectivity index (χ0v) is 28.7. The average Bonchev–Trinajstić information content (AvgIpc) is 3.00. The van der Waals surface area contributed by atoms with Crippen LogP contribution in [-0.2, 0) is 43.2 Å². The summed E-state index contributed by atoms with van der Waals surface area (Å²) in [6, 6.07) is -10.2. The average molecular weight is 718 g/mol. The van der Waals surface area contributed by atoms with Gasteiger partial charge in [-0.15, -0.1) is 0 Å². The van der Waals surface area contributed by atoms with Crippen LogP contribution in [-0.4, -0.2) is 124 Å². The lowest BCUT2D eigenvalue weighted by molar-refractivity contribution is -0.143. The first kappa shape index (κ1) is 45.1. The number of carbonyl (C=O) groups excluding carboxylic acids is 8. The molecule has 0 aliphatic heterocycles. The molecular weight excluding hydrogens is 666 g/mol.